The van der Waals surface area contributed by atoms with Crippen molar-refractivity contribution in [1.29, 1.82) is 0 Å². The molecule has 0 radical (unpaired) electrons. The van der Waals surface area contributed by atoms with Crippen LogP contribution in [0.5, 0.6) is 0 Å². The van der Waals surface area contributed by atoms with E-state index in [0.29, 0.717) is 5.92 Å². The molecule has 1 fully saturated rings. The van der Waals surface area contributed by atoms with Crippen molar-refractivity contribution >= 4 is 5.91 Å². The minimum Gasteiger partial charge on any atom is -0.332 e. The number of amides is 1. The lowest BCUT2D eigenvalue weighted by Crippen LogP contribution is -2.27. The second-order valence-corrected chi connectivity index (χ2v) is 4.41. The van der Waals surface area contributed by atoms with Crippen LogP contribution in [0.1, 0.15) is 33.6 Å². The van der Waals surface area contributed by atoms with Crippen molar-refractivity contribution in [3.8, 4) is 11.8 Å². The van der Waals surface area contributed by atoms with Crippen LogP contribution < -0.4 is 0 Å². The van der Waals surface area contributed by atoms with Crippen LogP contribution in [0.25, 0.3) is 0 Å². The van der Waals surface area contributed by atoms with Crippen LogP contribution >= 0.6 is 0 Å². The van der Waals surface area contributed by atoms with Crippen LogP contribution in [-0.2, 0) is 4.79 Å². The van der Waals surface area contributed by atoms with E-state index in [2.05, 4.69) is 25.7 Å². The lowest BCUT2D eigenvalue weighted by atomic mass is 9.97. The van der Waals surface area contributed by atoms with Crippen molar-refractivity contribution in [1.82, 2.24) is 4.90 Å². The van der Waals surface area contributed by atoms with Gasteiger partial charge >= 0.3 is 0 Å². The topological polar surface area (TPSA) is 20.3 Å². The Bertz CT molecular complexity index is 259. The summed E-state index contributed by atoms with van der Waals surface area (Å²) in [6, 6.07) is 0. The van der Waals surface area contributed by atoms with Gasteiger partial charge < -0.3 is 4.90 Å². The van der Waals surface area contributed by atoms with Gasteiger partial charge in [0.1, 0.15) is 0 Å². The zero-order chi connectivity index (χ0) is 10.6. The predicted octanol–water partition coefficient (Wildman–Crippen LogP) is 1.90. The Kier molecular flexibility index (Phi) is 4.00. The van der Waals surface area contributed by atoms with E-state index in [1.165, 1.54) is 6.42 Å². The summed E-state index contributed by atoms with van der Waals surface area (Å²) in [6.45, 7) is 7.98. The van der Waals surface area contributed by atoms with Gasteiger partial charge in [-0.05, 0) is 37.5 Å². The standard InChI is InChI=1S/C12H19NO/c1-4-5-12(14)13-7-6-11(9-13)8-10(2)3/h10-11H,6-9H2,1-3H3/t11-/m1/s1. The second-order valence-electron chi connectivity index (χ2n) is 4.41. The minimum atomic E-state index is -0.00115. The molecule has 1 saturated heterocycles. The van der Waals surface area contributed by atoms with Gasteiger partial charge in [-0.3, -0.25) is 4.79 Å². The summed E-state index contributed by atoms with van der Waals surface area (Å²) in [5.41, 5.74) is 0. The average molecular weight is 193 g/mol. The van der Waals surface area contributed by atoms with Gasteiger partial charge in [0.2, 0.25) is 0 Å². The largest absolute Gasteiger partial charge is 0.332 e. The Morgan fingerprint density at radius 1 is 1.57 bits per heavy atom. The fraction of sp³-hybridized carbons (Fsp3) is 0.750. The molecule has 1 amide bonds. The number of carbonyl (C=O) groups is 1. The highest BCUT2D eigenvalue weighted by molar-refractivity contribution is 5.93. The molecule has 0 spiro atoms. The van der Waals surface area contributed by atoms with Gasteiger partial charge in [0, 0.05) is 13.1 Å². The van der Waals surface area contributed by atoms with E-state index in [1.54, 1.807) is 6.92 Å². The zero-order valence-corrected chi connectivity index (χ0v) is 9.34. The Labute approximate surface area is 86.7 Å². The number of likely N-dealkylation sites (tertiary alicyclic amines) is 1. The SMILES string of the molecule is CC#CC(=O)N1CC[C@H](CC(C)C)C1. The summed E-state index contributed by atoms with van der Waals surface area (Å²) in [5, 5.41) is 0. The molecule has 78 valence electrons. The van der Waals surface area contributed by atoms with Crippen LogP contribution in [0.2, 0.25) is 0 Å². The van der Waals surface area contributed by atoms with Gasteiger partial charge in [-0.1, -0.05) is 19.8 Å². The van der Waals surface area contributed by atoms with Crippen LogP contribution in [0.4, 0.5) is 0 Å². The van der Waals surface area contributed by atoms with Crippen molar-refractivity contribution in [3.63, 3.8) is 0 Å². The lowest BCUT2D eigenvalue weighted by molar-refractivity contribution is -0.124. The van der Waals surface area contributed by atoms with Crippen molar-refractivity contribution in [3.05, 3.63) is 0 Å². The van der Waals surface area contributed by atoms with Crippen molar-refractivity contribution in [2.45, 2.75) is 33.6 Å². The smallest absolute Gasteiger partial charge is 0.298 e. The first-order chi connectivity index (χ1) is 6.63. The molecule has 0 aromatic carbocycles. The van der Waals surface area contributed by atoms with E-state index in [1.807, 2.05) is 4.90 Å². The fourth-order valence-electron chi connectivity index (χ4n) is 2.06. The van der Waals surface area contributed by atoms with E-state index in [-0.39, 0.29) is 5.91 Å². The molecule has 0 unspecified atom stereocenters. The third-order valence-corrected chi connectivity index (χ3v) is 2.61. The van der Waals surface area contributed by atoms with Crippen molar-refractivity contribution in [2.24, 2.45) is 11.8 Å². The second kappa shape index (κ2) is 5.05. The quantitative estimate of drug-likeness (QED) is 0.613. The Hall–Kier alpha value is -0.970. The molecule has 0 aliphatic carbocycles. The molecule has 0 saturated carbocycles. The van der Waals surface area contributed by atoms with Crippen LogP contribution in [-0.4, -0.2) is 23.9 Å². The number of carbonyl (C=O) groups excluding carboxylic acids is 1. The molecule has 0 N–H and O–H groups in total. The molecule has 1 rings (SSSR count). The lowest BCUT2D eigenvalue weighted by Gasteiger charge is -2.14. The molecule has 14 heavy (non-hydrogen) atoms. The molecule has 1 atom stereocenters. The first-order valence-corrected chi connectivity index (χ1v) is 5.35. The van der Waals surface area contributed by atoms with Crippen molar-refractivity contribution < 1.29 is 4.79 Å². The molecule has 2 heteroatoms. The van der Waals surface area contributed by atoms with Gasteiger partial charge in [-0.2, -0.15) is 0 Å². The number of hydrogen-bond acceptors (Lipinski definition) is 1. The fourth-order valence-corrected chi connectivity index (χ4v) is 2.06. The number of nitrogens with zero attached hydrogens (tertiary/aromatic N) is 1. The average Bonchev–Trinajstić information content (AvgIpc) is 2.52. The molecule has 0 aromatic rings. The summed E-state index contributed by atoms with van der Waals surface area (Å²) >= 11 is 0. The summed E-state index contributed by atoms with van der Waals surface area (Å²) in [5.74, 6) is 6.68. The molecule has 2 nitrogen and oxygen atoms in total. The predicted molar refractivity (Wildman–Crippen MR) is 57.6 cm³/mol. The molecule has 1 aliphatic rings. The molecule has 1 heterocycles. The van der Waals surface area contributed by atoms with Crippen molar-refractivity contribution in [2.75, 3.05) is 13.1 Å². The highest BCUT2D eigenvalue weighted by Gasteiger charge is 2.25. The maximum Gasteiger partial charge on any atom is 0.298 e. The molecule has 0 aromatic heterocycles. The third kappa shape index (κ3) is 3.06. The minimum absolute atomic E-state index is 0.00115. The zero-order valence-electron chi connectivity index (χ0n) is 9.34. The normalized spacial score (nSPS) is 20.9. The highest BCUT2D eigenvalue weighted by Crippen LogP contribution is 2.22. The van der Waals surface area contributed by atoms with Gasteiger partial charge in [-0.15, -0.1) is 0 Å². The first kappa shape index (κ1) is 11.1. The van der Waals surface area contributed by atoms with Gasteiger partial charge in [0.15, 0.2) is 0 Å². The number of rotatable bonds is 2. The monoisotopic (exact) mass is 193 g/mol. The van der Waals surface area contributed by atoms with E-state index >= 15 is 0 Å². The van der Waals surface area contributed by atoms with Crippen LogP contribution in [0.3, 0.4) is 0 Å². The van der Waals surface area contributed by atoms with E-state index < -0.39 is 0 Å². The summed E-state index contributed by atoms with van der Waals surface area (Å²) < 4.78 is 0. The molecular weight excluding hydrogens is 174 g/mol. The van der Waals surface area contributed by atoms with Gasteiger partial charge in [0.25, 0.3) is 5.91 Å². The van der Waals surface area contributed by atoms with E-state index in [0.717, 1.165) is 25.4 Å². The summed E-state index contributed by atoms with van der Waals surface area (Å²) in [7, 11) is 0. The van der Waals surface area contributed by atoms with Gasteiger partial charge in [0.05, 0.1) is 0 Å². The first-order valence-electron chi connectivity index (χ1n) is 5.35. The molecular formula is C12H19NO. The molecule has 0 bridgehead atoms. The maximum atomic E-state index is 11.4. The number of hydrogen-bond donors (Lipinski definition) is 0. The van der Waals surface area contributed by atoms with Crippen LogP contribution in [0.15, 0.2) is 0 Å². The maximum absolute atomic E-state index is 11.4. The highest BCUT2D eigenvalue weighted by atomic mass is 16.2. The summed E-state index contributed by atoms with van der Waals surface area (Å²) in [4.78, 5) is 13.3. The Morgan fingerprint density at radius 2 is 2.29 bits per heavy atom. The van der Waals surface area contributed by atoms with E-state index in [9.17, 15) is 4.79 Å². The Morgan fingerprint density at radius 3 is 2.86 bits per heavy atom. The van der Waals surface area contributed by atoms with Crippen LogP contribution in [0, 0.1) is 23.7 Å². The Balaban J connectivity index is 2.39. The third-order valence-electron chi connectivity index (χ3n) is 2.61. The van der Waals surface area contributed by atoms with Gasteiger partial charge in [-0.25, -0.2) is 0 Å². The van der Waals surface area contributed by atoms with E-state index in [4.69, 9.17) is 0 Å². The summed E-state index contributed by atoms with van der Waals surface area (Å²) in [6.07, 6.45) is 2.37. The molecule has 1 aliphatic heterocycles.